The number of hydrogen-bond donors (Lipinski definition) is 0. The van der Waals surface area contributed by atoms with Crippen LogP contribution in [0.25, 0.3) is 0 Å². The fraction of sp³-hybridized carbons (Fsp3) is 0.889. The lowest BCUT2D eigenvalue weighted by Crippen LogP contribution is -2.25. The highest BCUT2D eigenvalue weighted by Gasteiger charge is 2.06. The zero-order valence-electron chi connectivity index (χ0n) is 8.22. The summed E-state index contributed by atoms with van der Waals surface area (Å²) in [5, 5.41) is 0. The van der Waals surface area contributed by atoms with E-state index in [0.717, 1.165) is 12.8 Å². The standard InChI is InChI=1S/C9H17F2NO/c1-8(13)5-3-4-6-12(2)7-9(10)11/h9H,3-7H2,1-2H3. The third-order valence-corrected chi connectivity index (χ3v) is 1.77. The topological polar surface area (TPSA) is 20.3 Å². The van der Waals surface area contributed by atoms with E-state index in [1.807, 2.05) is 0 Å². The lowest BCUT2D eigenvalue weighted by molar-refractivity contribution is -0.117. The molecule has 0 amide bonds. The molecular weight excluding hydrogens is 176 g/mol. The van der Waals surface area contributed by atoms with Crippen LogP contribution in [0.1, 0.15) is 26.2 Å². The van der Waals surface area contributed by atoms with Crippen molar-refractivity contribution in [3.8, 4) is 0 Å². The molecule has 0 fully saturated rings. The first kappa shape index (κ1) is 12.5. The molecule has 0 aromatic heterocycles. The first-order chi connectivity index (χ1) is 6.02. The molecule has 0 aromatic carbocycles. The highest BCUT2D eigenvalue weighted by Crippen LogP contribution is 2.00. The second-order valence-corrected chi connectivity index (χ2v) is 3.31. The van der Waals surface area contributed by atoms with Crippen molar-refractivity contribution in [1.29, 1.82) is 0 Å². The van der Waals surface area contributed by atoms with Gasteiger partial charge in [-0.1, -0.05) is 0 Å². The fourth-order valence-corrected chi connectivity index (χ4v) is 1.08. The fourth-order valence-electron chi connectivity index (χ4n) is 1.08. The van der Waals surface area contributed by atoms with Crippen molar-refractivity contribution in [2.24, 2.45) is 0 Å². The first-order valence-corrected chi connectivity index (χ1v) is 4.48. The number of alkyl halides is 2. The Morgan fingerprint density at radius 2 is 2.00 bits per heavy atom. The molecule has 0 bridgehead atoms. The van der Waals surface area contributed by atoms with Gasteiger partial charge in [-0.25, -0.2) is 8.78 Å². The maximum Gasteiger partial charge on any atom is 0.251 e. The molecule has 0 aliphatic rings. The molecule has 0 aliphatic heterocycles. The maximum absolute atomic E-state index is 11.8. The highest BCUT2D eigenvalue weighted by molar-refractivity contribution is 5.75. The average molecular weight is 193 g/mol. The van der Waals surface area contributed by atoms with Crippen LogP contribution in [0.2, 0.25) is 0 Å². The third-order valence-electron chi connectivity index (χ3n) is 1.77. The quantitative estimate of drug-likeness (QED) is 0.576. The zero-order valence-corrected chi connectivity index (χ0v) is 8.22. The van der Waals surface area contributed by atoms with Crippen LogP contribution in [-0.4, -0.2) is 37.2 Å². The highest BCUT2D eigenvalue weighted by atomic mass is 19.3. The number of Topliss-reactive ketones (excluding diaryl/α,β-unsaturated/α-hetero) is 1. The molecule has 0 atom stereocenters. The van der Waals surface area contributed by atoms with Crippen LogP contribution >= 0.6 is 0 Å². The minimum Gasteiger partial charge on any atom is -0.301 e. The summed E-state index contributed by atoms with van der Waals surface area (Å²) in [6.45, 7) is 2.00. The molecule has 0 aliphatic carbocycles. The van der Waals surface area contributed by atoms with E-state index < -0.39 is 6.43 Å². The summed E-state index contributed by atoms with van der Waals surface area (Å²) in [5.74, 6) is 0.163. The number of rotatable bonds is 7. The number of unbranched alkanes of at least 4 members (excludes halogenated alkanes) is 1. The molecule has 0 radical (unpaired) electrons. The van der Waals surface area contributed by atoms with E-state index in [1.54, 1.807) is 18.9 Å². The third kappa shape index (κ3) is 9.40. The normalized spacial score (nSPS) is 11.2. The molecule has 0 rings (SSSR count). The van der Waals surface area contributed by atoms with Gasteiger partial charge >= 0.3 is 0 Å². The van der Waals surface area contributed by atoms with Crippen molar-refractivity contribution in [3.05, 3.63) is 0 Å². The van der Waals surface area contributed by atoms with Gasteiger partial charge in [0, 0.05) is 6.42 Å². The van der Waals surface area contributed by atoms with Crippen LogP contribution in [0.15, 0.2) is 0 Å². The van der Waals surface area contributed by atoms with Gasteiger partial charge in [0.2, 0.25) is 0 Å². The van der Waals surface area contributed by atoms with Gasteiger partial charge in [-0.3, -0.25) is 0 Å². The Labute approximate surface area is 77.9 Å². The summed E-state index contributed by atoms with van der Waals surface area (Å²) < 4.78 is 23.7. The van der Waals surface area contributed by atoms with Crippen molar-refractivity contribution < 1.29 is 13.6 Å². The van der Waals surface area contributed by atoms with Gasteiger partial charge in [0.25, 0.3) is 6.43 Å². The van der Waals surface area contributed by atoms with E-state index in [-0.39, 0.29) is 12.3 Å². The van der Waals surface area contributed by atoms with Gasteiger partial charge in [-0.15, -0.1) is 0 Å². The minimum atomic E-state index is -2.27. The Hall–Kier alpha value is -0.510. The lowest BCUT2D eigenvalue weighted by atomic mass is 10.2. The summed E-state index contributed by atoms with van der Waals surface area (Å²) in [5.41, 5.74) is 0. The smallest absolute Gasteiger partial charge is 0.251 e. The predicted octanol–water partition coefficient (Wildman–Crippen LogP) is 1.94. The van der Waals surface area contributed by atoms with E-state index >= 15 is 0 Å². The SMILES string of the molecule is CC(=O)CCCCN(C)CC(F)F. The van der Waals surface area contributed by atoms with Crippen molar-refractivity contribution >= 4 is 5.78 Å². The summed E-state index contributed by atoms with van der Waals surface area (Å²) in [6, 6.07) is 0. The van der Waals surface area contributed by atoms with Gasteiger partial charge in [0.05, 0.1) is 6.54 Å². The van der Waals surface area contributed by atoms with Gasteiger partial charge in [-0.2, -0.15) is 0 Å². The molecule has 0 heterocycles. The van der Waals surface area contributed by atoms with Crippen molar-refractivity contribution in [2.45, 2.75) is 32.6 Å². The van der Waals surface area contributed by atoms with Crippen LogP contribution in [0.3, 0.4) is 0 Å². The average Bonchev–Trinajstić information content (AvgIpc) is 1.96. The molecule has 13 heavy (non-hydrogen) atoms. The largest absolute Gasteiger partial charge is 0.301 e. The predicted molar refractivity (Wildman–Crippen MR) is 48.0 cm³/mol. The summed E-state index contributed by atoms with van der Waals surface area (Å²) >= 11 is 0. The summed E-state index contributed by atoms with van der Waals surface area (Å²) in [6.07, 6.45) is -0.105. The monoisotopic (exact) mass is 193 g/mol. The van der Waals surface area contributed by atoms with Crippen LogP contribution in [0.5, 0.6) is 0 Å². The molecule has 0 unspecified atom stereocenters. The van der Waals surface area contributed by atoms with Crippen LogP contribution < -0.4 is 0 Å². The second-order valence-electron chi connectivity index (χ2n) is 3.31. The number of carbonyl (C=O) groups excluding carboxylic acids is 1. The van der Waals surface area contributed by atoms with Crippen molar-refractivity contribution in [2.75, 3.05) is 20.1 Å². The molecule has 2 nitrogen and oxygen atoms in total. The Bertz CT molecular complexity index is 151. The van der Waals surface area contributed by atoms with Gasteiger partial charge in [0.15, 0.2) is 0 Å². The molecule has 0 N–H and O–H groups in total. The van der Waals surface area contributed by atoms with Crippen LogP contribution in [0, 0.1) is 0 Å². The Morgan fingerprint density at radius 1 is 1.38 bits per heavy atom. The molecule has 78 valence electrons. The van der Waals surface area contributed by atoms with Crippen LogP contribution in [0.4, 0.5) is 8.78 Å². The van der Waals surface area contributed by atoms with Gasteiger partial charge < -0.3 is 9.69 Å². The minimum absolute atomic E-state index is 0.163. The summed E-state index contributed by atoms with van der Waals surface area (Å²) in [7, 11) is 1.67. The Morgan fingerprint density at radius 3 is 2.46 bits per heavy atom. The Balaban J connectivity index is 3.26. The van der Waals surface area contributed by atoms with Gasteiger partial charge in [-0.05, 0) is 33.4 Å². The molecule has 0 aromatic rings. The number of ketones is 1. The van der Waals surface area contributed by atoms with Crippen molar-refractivity contribution in [1.82, 2.24) is 4.90 Å². The number of hydrogen-bond acceptors (Lipinski definition) is 2. The van der Waals surface area contributed by atoms with E-state index in [1.165, 1.54) is 0 Å². The van der Waals surface area contributed by atoms with E-state index in [9.17, 15) is 13.6 Å². The number of carbonyl (C=O) groups is 1. The molecule has 0 saturated heterocycles. The molecular formula is C9H17F2NO. The van der Waals surface area contributed by atoms with E-state index in [0.29, 0.717) is 13.0 Å². The first-order valence-electron chi connectivity index (χ1n) is 4.48. The van der Waals surface area contributed by atoms with Crippen molar-refractivity contribution in [3.63, 3.8) is 0 Å². The van der Waals surface area contributed by atoms with Crippen LogP contribution in [-0.2, 0) is 4.79 Å². The molecule has 4 heteroatoms. The van der Waals surface area contributed by atoms with Gasteiger partial charge in [0.1, 0.15) is 5.78 Å². The molecule has 0 spiro atoms. The summed E-state index contributed by atoms with van der Waals surface area (Å²) in [4.78, 5) is 12.1. The Kier molecular flexibility index (Phi) is 6.68. The number of halogens is 2. The maximum atomic E-state index is 11.8. The van der Waals surface area contributed by atoms with E-state index in [4.69, 9.17) is 0 Å². The molecule has 0 saturated carbocycles. The zero-order chi connectivity index (χ0) is 10.3. The van der Waals surface area contributed by atoms with E-state index in [2.05, 4.69) is 0 Å². The number of nitrogens with zero attached hydrogens (tertiary/aromatic N) is 1. The second kappa shape index (κ2) is 6.95. The lowest BCUT2D eigenvalue weighted by Gasteiger charge is -2.14.